The minimum Gasteiger partial charge on any atom is -0.399 e. The molecule has 0 atom stereocenters. The van der Waals surface area contributed by atoms with E-state index >= 15 is 0 Å². The van der Waals surface area contributed by atoms with E-state index in [-0.39, 0.29) is 0 Å². The van der Waals surface area contributed by atoms with E-state index in [0.29, 0.717) is 0 Å². The lowest BCUT2D eigenvalue weighted by atomic mass is 10.1. The molecule has 0 bridgehead atoms. The highest BCUT2D eigenvalue weighted by Crippen LogP contribution is 2.22. The molecule has 0 saturated carbocycles. The second kappa shape index (κ2) is 4.63. The molecule has 0 aliphatic carbocycles. The van der Waals surface area contributed by atoms with Crippen LogP contribution in [0.5, 0.6) is 0 Å². The SMILES string of the molecule is Cc1cc(Cn2ccc3cc(Cl)ccc32)ccc1N. The summed E-state index contributed by atoms with van der Waals surface area (Å²) in [6.07, 6.45) is 2.09. The summed E-state index contributed by atoms with van der Waals surface area (Å²) in [5, 5.41) is 1.94. The number of hydrogen-bond donors (Lipinski definition) is 1. The van der Waals surface area contributed by atoms with Gasteiger partial charge in [0.15, 0.2) is 0 Å². The van der Waals surface area contributed by atoms with Crippen LogP contribution in [-0.4, -0.2) is 4.57 Å². The zero-order valence-corrected chi connectivity index (χ0v) is 11.5. The van der Waals surface area contributed by atoms with Crippen LogP contribution in [0.15, 0.2) is 48.7 Å². The fourth-order valence-electron chi connectivity index (χ4n) is 2.34. The maximum Gasteiger partial charge on any atom is 0.0484 e. The second-order valence-electron chi connectivity index (χ2n) is 4.84. The third-order valence-electron chi connectivity index (χ3n) is 3.42. The third kappa shape index (κ3) is 2.32. The van der Waals surface area contributed by atoms with E-state index < -0.39 is 0 Å². The van der Waals surface area contributed by atoms with Crippen molar-refractivity contribution >= 4 is 28.2 Å². The Labute approximate surface area is 117 Å². The highest BCUT2D eigenvalue weighted by atomic mass is 35.5. The lowest BCUT2D eigenvalue weighted by Crippen LogP contribution is -1.99. The van der Waals surface area contributed by atoms with Gasteiger partial charge in [-0.2, -0.15) is 0 Å². The molecule has 3 heteroatoms. The molecule has 0 aliphatic heterocycles. The molecule has 2 nitrogen and oxygen atoms in total. The Morgan fingerprint density at radius 2 is 1.95 bits per heavy atom. The number of fused-ring (bicyclic) bond motifs is 1. The average molecular weight is 271 g/mol. The Bertz CT molecular complexity index is 744. The monoisotopic (exact) mass is 270 g/mol. The zero-order chi connectivity index (χ0) is 13.4. The summed E-state index contributed by atoms with van der Waals surface area (Å²) < 4.78 is 2.22. The van der Waals surface area contributed by atoms with Crippen molar-refractivity contribution in [3.63, 3.8) is 0 Å². The zero-order valence-electron chi connectivity index (χ0n) is 10.7. The first-order valence-electron chi connectivity index (χ1n) is 6.23. The molecule has 0 saturated heterocycles. The van der Waals surface area contributed by atoms with Gasteiger partial charge in [-0.05, 0) is 48.4 Å². The molecule has 2 aromatic carbocycles. The standard InChI is InChI=1S/C16H15ClN2/c1-11-8-12(2-4-15(11)18)10-19-7-6-13-9-14(17)3-5-16(13)19/h2-9H,10,18H2,1H3. The molecule has 1 aromatic heterocycles. The van der Waals surface area contributed by atoms with E-state index in [1.807, 2.05) is 25.1 Å². The van der Waals surface area contributed by atoms with Gasteiger partial charge in [-0.3, -0.25) is 0 Å². The van der Waals surface area contributed by atoms with Gasteiger partial charge in [0.2, 0.25) is 0 Å². The van der Waals surface area contributed by atoms with Gasteiger partial charge < -0.3 is 10.3 Å². The van der Waals surface area contributed by atoms with Gasteiger partial charge in [0, 0.05) is 34.4 Å². The Hall–Kier alpha value is -1.93. The molecule has 0 fully saturated rings. The molecule has 1 heterocycles. The molecule has 0 spiro atoms. The molecule has 96 valence electrons. The maximum atomic E-state index is 6.00. The lowest BCUT2D eigenvalue weighted by Gasteiger charge is -2.08. The number of rotatable bonds is 2. The van der Waals surface area contributed by atoms with Crippen LogP contribution in [0.4, 0.5) is 5.69 Å². The normalized spacial score (nSPS) is 11.1. The minimum absolute atomic E-state index is 0.772. The number of nitrogens with zero attached hydrogens (tertiary/aromatic N) is 1. The number of benzene rings is 2. The molecule has 3 aromatic rings. The Kier molecular flexibility index (Phi) is 2.96. The van der Waals surface area contributed by atoms with E-state index in [9.17, 15) is 0 Å². The van der Waals surface area contributed by atoms with Crippen LogP contribution < -0.4 is 5.73 Å². The minimum atomic E-state index is 0.772. The van der Waals surface area contributed by atoms with E-state index in [1.54, 1.807) is 0 Å². The Morgan fingerprint density at radius 3 is 2.74 bits per heavy atom. The molecular formula is C16H15ClN2. The van der Waals surface area contributed by atoms with Crippen LogP contribution in [0.1, 0.15) is 11.1 Å². The second-order valence-corrected chi connectivity index (χ2v) is 5.27. The van der Waals surface area contributed by atoms with Crippen LogP contribution in [0.3, 0.4) is 0 Å². The van der Waals surface area contributed by atoms with Crippen molar-refractivity contribution < 1.29 is 0 Å². The van der Waals surface area contributed by atoms with Crippen LogP contribution >= 0.6 is 11.6 Å². The predicted molar refractivity (Wildman–Crippen MR) is 81.6 cm³/mol. The number of nitrogen functional groups attached to an aromatic ring is 1. The highest BCUT2D eigenvalue weighted by molar-refractivity contribution is 6.31. The van der Waals surface area contributed by atoms with Crippen molar-refractivity contribution in [2.24, 2.45) is 0 Å². The van der Waals surface area contributed by atoms with Crippen molar-refractivity contribution in [3.8, 4) is 0 Å². The van der Waals surface area contributed by atoms with Gasteiger partial charge in [0.05, 0.1) is 0 Å². The van der Waals surface area contributed by atoms with Crippen LogP contribution in [0.2, 0.25) is 5.02 Å². The first kappa shape index (κ1) is 12.1. The number of aryl methyl sites for hydroxylation is 1. The van der Waals surface area contributed by atoms with Crippen LogP contribution in [0.25, 0.3) is 10.9 Å². The first-order chi connectivity index (χ1) is 9.13. The summed E-state index contributed by atoms with van der Waals surface area (Å²) in [6.45, 7) is 2.87. The number of aromatic nitrogens is 1. The van der Waals surface area contributed by atoms with Gasteiger partial charge >= 0.3 is 0 Å². The average Bonchev–Trinajstić information content (AvgIpc) is 2.76. The summed E-state index contributed by atoms with van der Waals surface area (Å²) in [5.41, 5.74) is 10.3. The van der Waals surface area contributed by atoms with Crippen molar-refractivity contribution in [1.82, 2.24) is 4.57 Å². The van der Waals surface area contributed by atoms with Gasteiger partial charge in [-0.1, -0.05) is 23.7 Å². The quantitative estimate of drug-likeness (QED) is 0.694. The molecule has 2 N–H and O–H groups in total. The third-order valence-corrected chi connectivity index (χ3v) is 3.66. The Morgan fingerprint density at radius 1 is 1.11 bits per heavy atom. The predicted octanol–water partition coefficient (Wildman–Crippen LogP) is 4.23. The number of halogens is 1. The van der Waals surface area contributed by atoms with Gasteiger partial charge in [-0.15, -0.1) is 0 Å². The van der Waals surface area contributed by atoms with E-state index in [4.69, 9.17) is 17.3 Å². The van der Waals surface area contributed by atoms with Crippen molar-refractivity contribution in [2.75, 3.05) is 5.73 Å². The van der Waals surface area contributed by atoms with Crippen molar-refractivity contribution in [3.05, 3.63) is 64.8 Å². The Balaban J connectivity index is 1.98. The first-order valence-corrected chi connectivity index (χ1v) is 6.61. The molecule has 0 aliphatic rings. The van der Waals surface area contributed by atoms with Gasteiger partial charge in [0.1, 0.15) is 0 Å². The van der Waals surface area contributed by atoms with E-state index in [0.717, 1.165) is 22.8 Å². The van der Waals surface area contributed by atoms with E-state index in [2.05, 4.69) is 35.0 Å². The molecule has 0 amide bonds. The lowest BCUT2D eigenvalue weighted by molar-refractivity contribution is 0.836. The summed E-state index contributed by atoms with van der Waals surface area (Å²) in [7, 11) is 0. The molecular weight excluding hydrogens is 256 g/mol. The number of hydrogen-bond acceptors (Lipinski definition) is 1. The largest absolute Gasteiger partial charge is 0.399 e. The van der Waals surface area contributed by atoms with Crippen LogP contribution in [0, 0.1) is 6.92 Å². The van der Waals surface area contributed by atoms with Gasteiger partial charge in [0.25, 0.3) is 0 Å². The summed E-state index contributed by atoms with van der Waals surface area (Å²) >= 11 is 6.00. The number of anilines is 1. The maximum absolute atomic E-state index is 6.00. The van der Waals surface area contributed by atoms with Crippen LogP contribution in [-0.2, 0) is 6.54 Å². The molecule has 0 radical (unpaired) electrons. The van der Waals surface area contributed by atoms with Gasteiger partial charge in [-0.25, -0.2) is 0 Å². The fraction of sp³-hybridized carbons (Fsp3) is 0.125. The summed E-state index contributed by atoms with van der Waals surface area (Å²) in [5.74, 6) is 0. The topological polar surface area (TPSA) is 30.9 Å². The van der Waals surface area contributed by atoms with Crippen molar-refractivity contribution in [1.29, 1.82) is 0 Å². The van der Waals surface area contributed by atoms with Crippen molar-refractivity contribution in [2.45, 2.75) is 13.5 Å². The summed E-state index contributed by atoms with van der Waals surface area (Å²) in [4.78, 5) is 0. The summed E-state index contributed by atoms with van der Waals surface area (Å²) in [6, 6.07) is 14.2. The molecule has 19 heavy (non-hydrogen) atoms. The fourth-order valence-corrected chi connectivity index (χ4v) is 2.52. The smallest absolute Gasteiger partial charge is 0.0484 e. The number of nitrogens with two attached hydrogens (primary N) is 1. The van der Waals surface area contributed by atoms with E-state index in [1.165, 1.54) is 16.5 Å². The molecule has 3 rings (SSSR count). The molecule has 0 unspecified atom stereocenters. The highest BCUT2D eigenvalue weighted by Gasteiger charge is 2.03.